The lowest BCUT2D eigenvalue weighted by atomic mass is 9.85. The van der Waals surface area contributed by atoms with Gasteiger partial charge in [0.25, 0.3) is 0 Å². The van der Waals surface area contributed by atoms with E-state index in [4.69, 9.17) is 4.74 Å². The van der Waals surface area contributed by atoms with Crippen molar-refractivity contribution in [3.63, 3.8) is 0 Å². The minimum atomic E-state index is 0.712. The van der Waals surface area contributed by atoms with Crippen LogP contribution >= 0.6 is 12.6 Å². The highest BCUT2D eigenvalue weighted by Gasteiger charge is 2.17. The predicted molar refractivity (Wildman–Crippen MR) is 64.8 cm³/mol. The van der Waals surface area contributed by atoms with Crippen LogP contribution in [0.15, 0.2) is 24.3 Å². The van der Waals surface area contributed by atoms with E-state index in [0.717, 1.165) is 24.9 Å². The Labute approximate surface area is 92.6 Å². The third-order valence-electron chi connectivity index (χ3n) is 2.74. The van der Waals surface area contributed by atoms with Gasteiger partial charge < -0.3 is 4.74 Å². The van der Waals surface area contributed by atoms with Crippen molar-refractivity contribution in [3.8, 4) is 0 Å². The van der Waals surface area contributed by atoms with E-state index >= 15 is 0 Å². The summed E-state index contributed by atoms with van der Waals surface area (Å²) < 4.78 is 5.59. The first kappa shape index (κ1) is 11.9. The van der Waals surface area contributed by atoms with Crippen molar-refractivity contribution < 1.29 is 4.74 Å². The Morgan fingerprint density at radius 2 is 2.14 bits per heavy atom. The smallest absolute Gasteiger partial charge is 0.0647 e. The van der Waals surface area contributed by atoms with Gasteiger partial charge in [-0.05, 0) is 24.7 Å². The Balaban J connectivity index is 2.11. The van der Waals surface area contributed by atoms with Gasteiger partial charge in [0, 0.05) is 5.75 Å². The van der Waals surface area contributed by atoms with Crippen molar-refractivity contribution in [2.75, 3.05) is 19.0 Å². The SMILES string of the molecule is CC1CC=CCC1COCC=CCS. The van der Waals surface area contributed by atoms with Crippen LogP contribution in [-0.2, 0) is 4.74 Å². The van der Waals surface area contributed by atoms with Crippen molar-refractivity contribution in [1.82, 2.24) is 0 Å². The number of hydrogen-bond donors (Lipinski definition) is 1. The molecule has 0 aromatic rings. The lowest BCUT2D eigenvalue weighted by molar-refractivity contribution is 0.0986. The van der Waals surface area contributed by atoms with Crippen molar-refractivity contribution in [1.29, 1.82) is 0 Å². The zero-order valence-electron chi connectivity index (χ0n) is 8.86. The van der Waals surface area contributed by atoms with Gasteiger partial charge in [-0.1, -0.05) is 31.2 Å². The van der Waals surface area contributed by atoms with Gasteiger partial charge in [-0.15, -0.1) is 0 Å². The molecule has 14 heavy (non-hydrogen) atoms. The standard InChI is InChI=1S/C12H20OS/c1-11-6-2-3-7-12(11)10-13-8-4-5-9-14/h2-5,11-12,14H,6-10H2,1H3. The molecule has 0 spiro atoms. The van der Waals surface area contributed by atoms with Crippen molar-refractivity contribution in [2.24, 2.45) is 11.8 Å². The van der Waals surface area contributed by atoms with E-state index in [1.54, 1.807) is 0 Å². The van der Waals surface area contributed by atoms with Gasteiger partial charge in [0.05, 0.1) is 13.2 Å². The van der Waals surface area contributed by atoms with Crippen LogP contribution in [0.1, 0.15) is 19.8 Å². The third-order valence-corrected chi connectivity index (χ3v) is 2.95. The molecule has 0 radical (unpaired) electrons. The lowest BCUT2D eigenvalue weighted by Crippen LogP contribution is -2.19. The summed E-state index contributed by atoms with van der Waals surface area (Å²) in [6, 6.07) is 0. The number of ether oxygens (including phenoxy) is 1. The summed E-state index contributed by atoms with van der Waals surface area (Å²) in [5.74, 6) is 2.28. The molecule has 1 rings (SSSR count). The highest BCUT2D eigenvalue weighted by molar-refractivity contribution is 7.80. The van der Waals surface area contributed by atoms with Gasteiger partial charge in [-0.2, -0.15) is 12.6 Å². The summed E-state index contributed by atoms with van der Waals surface area (Å²) in [7, 11) is 0. The summed E-state index contributed by atoms with van der Waals surface area (Å²) in [6.07, 6.45) is 11.0. The van der Waals surface area contributed by atoms with Crippen molar-refractivity contribution >= 4 is 12.6 Å². The van der Waals surface area contributed by atoms with Gasteiger partial charge >= 0.3 is 0 Å². The van der Waals surface area contributed by atoms with E-state index in [1.807, 2.05) is 12.2 Å². The van der Waals surface area contributed by atoms with Crippen LogP contribution in [0.25, 0.3) is 0 Å². The molecule has 0 aromatic carbocycles. The van der Waals surface area contributed by atoms with E-state index in [-0.39, 0.29) is 0 Å². The molecule has 0 aromatic heterocycles. The Morgan fingerprint density at radius 1 is 1.36 bits per heavy atom. The number of hydrogen-bond acceptors (Lipinski definition) is 2. The van der Waals surface area contributed by atoms with Gasteiger partial charge in [-0.25, -0.2) is 0 Å². The first-order valence-corrected chi connectivity index (χ1v) is 5.96. The second-order valence-electron chi connectivity index (χ2n) is 3.87. The van der Waals surface area contributed by atoms with Crippen LogP contribution in [0, 0.1) is 11.8 Å². The quantitative estimate of drug-likeness (QED) is 0.418. The van der Waals surface area contributed by atoms with E-state index < -0.39 is 0 Å². The summed E-state index contributed by atoms with van der Waals surface area (Å²) >= 11 is 4.09. The number of rotatable bonds is 5. The average Bonchev–Trinajstić information content (AvgIpc) is 2.20. The topological polar surface area (TPSA) is 9.23 Å². The Kier molecular flexibility index (Phi) is 6.04. The average molecular weight is 212 g/mol. The summed E-state index contributed by atoms with van der Waals surface area (Å²) in [4.78, 5) is 0. The van der Waals surface area contributed by atoms with E-state index in [2.05, 4.69) is 31.7 Å². The van der Waals surface area contributed by atoms with E-state index in [9.17, 15) is 0 Å². The highest BCUT2D eigenvalue weighted by atomic mass is 32.1. The van der Waals surface area contributed by atoms with Crippen molar-refractivity contribution in [2.45, 2.75) is 19.8 Å². The third kappa shape index (κ3) is 4.34. The first-order valence-electron chi connectivity index (χ1n) is 5.33. The molecule has 2 atom stereocenters. The number of allylic oxidation sites excluding steroid dienone is 2. The molecule has 1 nitrogen and oxygen atoms in total. The Hall–Kier alpha value is -0.210. The fraction of sp³-hybridized carbons (Fsp3) is 0.667. The van der Waals surface area contributed by atoms with Crippen LogP contribution in [0.4, 0.5) is 0 Å². The molecular formula is C12H20OS. The Bertz CT molecular complexity index is 198. The van der Waals surface area contributed by atoms with Crippen LogP contribution in [0.5, 0.6) is 0 Å². The van der Waals surface area contributed by atoms with E-state index in [0.29, 0.717) is 5.92 Å². The zero-order chi connectivity index (χ0) is 10.2. The van der Waals surface area contributed by atoms with Gasteiger partial charge in [-0.3, -0.25) is 0 Å². The fourth-order valence-corrected chi connectivity index (χ4v) is 1.82. The summed E-state index contributed by atoms with van der Waals surface area (Å²) in [5.41, 5.74) is 0. The van der Waals surface area contributed by atoms with Crippen LogP contribution in [-0.4, -0.2) is 19.0 Å². The molecule has 0 bridgehead atoms. The molecule has 1 aliphatic rings. The molecule has 0 amide bonds. The molecule has 2 unspecified atom stereocenters. The molecule has 80 valence electrons. The maximum atomic E-state index is 5.59. The van der Waals surface area contributed by atoms with Crippen LogP contribution in [0.2, 0.25) is 0 Å². The normalized spacial score (nSPS) is 27.3. The molecule has 1 aliphatic carbocycles. The van der Waals surface area contributed by atoms with Gasteiger partial charge in [0.15, 0.2) is 0 Å². The molecular weight excluding hydrogens is 192 g/mol. The maximum absolute atomic E-state index is 5.59. The van der Waals surface area contributed by atoms with Crippen molar-refractivity contribution in [3.05, 3.63) is 24.3 Å². The molecule has 0 heterocycles. The van der Waals surface area contributed by atoms with Gasteiger partial charge in [0.2, 0.25) is 0 Å². The molecule has 0 aliphatic heterocycles. The summed E-state index contributed by atoms with van der Waals surface area (Å²) in [5, 5.41) is 0. The molecule has 0 saturated heterocycles. The lowest BCUT2D eigenvalue weighted by Gasteiger charge is -2.24. The second-order valence-corrected chi connectivity index (χ2v) is 4.24. The molecule has 2 heteroatoms. The minimum absolute atomic E-state index is 0.712. The second kappa shape index (κ2) is 7.13. The van der Waals surface area contributed by atoms with Gasteiger partial charge in [0.1, 0.15) is 0 Å². The van der Waals surface area contributed by atoms with Crippen LogP contribution in [0.3, 0.4) is 0 Å². The van der Waals surface area contributed by atoms with Crippen LogP contribution < -0.4 is 0 Å². The summed E-state index contributed by atoms with van der Waals surface area (Å²) in [6.45, 7) is 3.93. The monoisotopic (exact) mass is 212 g/mol. The first-order chi connectivity index (χ1) is 6.84. The fourth-order valence-electron chi connectivity index (χ4n) is 1.67. The zero-order valence-corrected chi connectivity index (χ0v) is 9.75. The molecule has 0 fully saturated rings. The van der Waals surface area contributed by atoms with E-state index in [1.165, 1.54) is 12.8 Å². The molecule has 0 saturated carbocycles. The minimum Gasteiger partial charge on any atom is -0.377 e. The Morgan fingerprint density at radius 3 is 2.86 bits per heavy atom. The molecule has 0 N–H and O–H groups in total. The largest absolute Gasteiger partial charge is 0.377 e. The predicted octanol–water partition coefficient (Wildman–Crippen LogP) is 3.09. The number of thiol groups is 1. The highest BCUT2D eigenvalue weighted by Crippen LogP contribution is 2.24. The maximum Gasteiger partial charge on any atom is 0.0647 e.